The average molecular weight is 395 g/mol. The Bertz CT molecular complexity index is 873. The Kier molecular flexibility index (Phi) is 5.36. The van der Waals surface area contributed by atoms with Crippen molar-refractivity contribution in [2.45, 2.75) is 12.4 Å². The van der Waals surface area contributed by atoms with Gasteiger partial charge < -0.3 is 21.1 Å². The van der Waals surface area contributed by atoms with E-state index in [0.717, 1.165) is 17.0 Å². The van der Waals surface area contributed by atoms with Crippen molar-refractivity contribution in [1.82, 2.24) is 10.3 Å². The zero-order chi connectivity index (χ0) is 20.3. The summed E-state index contributed by atoms with van der Waals surface area (Å²) in [6, 6.07) is 6.92. The standard InChI is InChI=1S/C17H16F3N5O3/c18-17(19,20)28-11-5-3-10(4-6-11)13(8-21)24-16(27)25-9-14(26)23-12-2-1-7-22-15(12)25/h1-7,13H,8-9,21H2,(H,23,26)(H,24,27). The van der Waals surface area contributed by atoms with Crippen LogP contribution in [-0.2, 0) is 4.79 Å². The van der Waals surface area contributed by atoms with Gasteiger partial charge in [-0.15, -0.1) is 13.2 Å². The van der Waals surface area contributed by atoms with Crippen LogP contribution in [0.2, 0.25) is 0 Å². The van der Waals surface area contributed by atoms with Gasteiger partial charge in [0.15, 0.2) is 5.82 Å². The van der Waals surface area contributed by atoms with Crippen molar-refractivity contribution in [3.8, 4) is 5.75 Å². The van der Waals surface area contributed by atoms with Crippen molar-refractivity contribution in [3.63, 3.8) is 0 Å². The molecule has 1 aromatic carbocycles. The first-order chi connectivity index (χ1) is 13.3. The van der Waals surface area contributed by atoms with Gasteiger partial charge in [-0.05, 0) is 29.8 Å². The number of rotatable bonds is 4. The van der Waals surface area contributed by atoms with Crippen molar-refractivity contribution in [1.29, 1.82) is 0 Å². The second kappa shape index (κ2) is 7.72. The number of halogens is 3. The Morgan fingerprint density at radius 1 is 1.32 bits per heavy atom. The van der Waals surface area contributed by atoms with Crippen LogP contribution in [0.15, 0.2) is 42.6 Å². The minimum atomic E-state index is -4.79. The molecule has 0 bridgehead atoms. The van der Waals surface area contributed by atoms with Gasteiger partial charge in [0.2, 0.25) is 5.91 Å². The fourth-order valence-corrected chi connectivity index (χ4v) is 2.69. The lowest BCUT2D eigenvalue weighted by Gasteiger charge is -2.29. The summed E-state index contributed by atoms with van der Waals surface area (Å²) < 4.78 is 40.6. The highest BCUT2D eigenvalue weighted by atomic mass is 19.4. The van der Waals surface area contributed by atoms with E-state index in [1.54, 1.807) is 12.1 Å². The zero-order valence-electron chi connectivity index (χ0n) is 14.4. The molecule has 148 valence electrons. The van der Waals surface area contributed by atoms with Crippen molar-refractivity contribution < 1.29 is 27.5 Å². The molecule has 3 rings (SSSR count). The molecule has 1 atom stereocenters. The number of hydrogen-bond acceptors (Lipinski definition) is 5. The van der Waals surface area contributed by atoms with Crippen LogP contribution in [0, 0.1) is 0 Å². The van der Waals surface area contributed by atoms with Crippen molar-refractivity contribution in [3.05, 3.63) is 48.2 Å². The number of carbonyl (C=O) groups excluding carboxylic acids is 2. The van der Waals surface area contributed by atoms with Gasteiger partial charge in [0.1, 0.15) is 12.3 Å². The van der Waals surface area contributed by atoms with E-state index >= 15 is 0 Å². The quantitative estimate of drug-likeness (QED) is 0.735. The summed E-state index contributed by atoms with van der Waals surface area (Å²) in [4.78, 5) is 29.8. The molecule has 0 aliphatic carbocycles. The van der Waals surface area contributed by atoms with Gasteiger partial charge in [0, 0.05) is 12.7 Å². The highest BCUT2D eigenvalue weighted by Gasteiger charge is 2.31. The molecule has 3 amide bonds. The number of benzene rings is 1. The fourth-order valence-electron chi connectivity index (χ4n) is 2.69. The summed E-state index contributed by atoms with van der Waals surface area (Å²) >= 11 is 0. The number of alkyl halides is 3. The van der Waals surface area contributed by atoms with Crippen molar-refractivity contribution in [2.75, 3.05) is 23.3 Å². The number of pyridine rings is 1. The van der Waals surface area contributed by atoms with E-state index in [2.05, 4.69) is 20.4 Å². The molecule has 0 saturated heterocycles. The minimum absolute atomic E-state index is 0.0136. The van der Waals surface area contributed by atoms with Crippen LogP contribution in [-0.4, -0.2) is 36.4 Å². The summed E-state index contributed by atoms with van der Waals surface area (Å²) in [5.41, 5.74) is 6.58. The Morgan fingerprint density at radius 3 is 2.68 bits per heavy atom. The number of hydrogen-bond donors (Lipinski definition) is 3. The molecular formula is C17H16F3N5O3. The molecule has 11 heteroatoms. The van der Waals surface area contributed by atoms with Gasteiger partial charge in [0.05, 0.1) is 11.7 Å². The summed E-state index contributed by atoms with van der Waals surface area (Å²) in [6.07, 6.45) is -3.31. The van der Waals surface area contributed by atoms with Crippen LogP contribution >= 0.6 is 0 Å². The Labute approximate surface area is 157 Å². The van der Waals surface area contributed by atoms with Crippen LogP contribution in [0.5, 0.6) is 5.75 Å². The summed E-state index contributed by atoms with van der Waals surface area (Å²) in [7, 11) is 0. The number of nitrogens with one attached hydrogen (secondary N) is 2. The topological polar surface area (TPSA) is 110 Å². The van der Waals surface area contributed by atoms with E-state index in [1.165, 1.54) is 18.3 Å². The van der Waals surface area contributed by atoms with E-state index < -0.39 is 18.4 Å². The summed E-state index contributed by atoms with van der Waals surface area (Å²) in [5.74, 6) is -0.484. The molecule has 4 N–H and O–H groups in total. The third-order valence-corrected chi connectivity index (χ3v) is 3.91. The Morgan fingerprint density at radius 2 is 2.04 bits per heavy atom. The van der Waals surface area contributed by atoms with Gasteiger partial charge in [-0.2, -0.15) is 0 Å². The smallest absolute Gasteiger partial charge is 0.406 e. The minimum Gasteiger partial charge on any atom is -0.406 e. The molecule has 8 nitrogen and oxygen atoms in total. The number of urea groups is 1. The first-order valence-electron chi connectivity index (χ1n) is 8.15. The third kappa shape index (κ3) is 4.49. The van der Waals surface area contributed by atoms with Crippen LogP contribution in [0.1, 0.15) is 11.6 Å². The molecular weight excluding hydrogens is 379 g/mol. The van der Waals surface area contributed by atoms with Gasteiger partial charge in [-0.25, -0.2) is 9.78 Å². The molecule has 0 spiro atoms. The molecule has 28 heavy (non-hydrogen) atoms. The van der Waals surface area contributed by atoms with E-state index in [-0.39, 0.29) is 30.6 Å². The highest BCUT2D eigenvalue weighted by Crippen LogP contribution is 2.27. The lowest BCUT2D eigenvalue weighted by Crippen LogP contribution is -2.49. The number of nitrogens with zero attached hydrogens (tertiary/aromatic N) is 2. The Hall–Kier alpha value is -3.34. The van der Waals surface area contributed by atoms with E-state index in [1.807, 2.05) is 0 Å². The number of amides is 3. The van der Waals surface area contributed by atoms with Gasteiger partial charge in [-0.1, -0.05) is 12.1 Å². The van der Waals surface area contributed by atoms with Crippen LogP contribution in [0.25, 0.3) is 0 Å². The highest BCUT2D eigenvalue weighted by molar-refractivity contribution is 6.08. The number of nitrogens with two attached hydrogens (primary N) is 1. The number of fused-ring (bicyclic) bond motifs is 1. The summed E-state index contributed by atoms with van der Waals surface area (Å²) in [6.45, 7) is -0.244. The number of aromatic nitrogens is 1. The maximum atomic E-state index is 12.7. The predicted octanol–water partition coefficient (Wildman–Crippen LogP) is 2.15. The molecule has 1 aliphatic rings. The lowest BCUT2D eigenvalue weighted by atomic mass is 10.1. The fraction of sp³-hybridized carbons (Fsp3) is 0.235. The van der Waals surface area contributed by atoms with Crippen LogP contribution in [0.3, 0.4) is 0 Å². The molecule has 1 unspecified atom stereocenters. The van der Waals surface area contributed by atoms with Crippen LogP contribution < -0.4 is 26.0 Å². The SMILES string of the molecule is NCC(NC(=O)N1CC(=O)Nc2cccnc21)c1ccc(OC(F)(F)F)cc1. The molecule has 1 aromatic heterocycles. The number of anilines is 2. The molecule has 2 heterocycles. The number of carbonyl (C=O) groups is 2. The summed E-state index contributed by atoms with van der Waals surface area (Å²) in [5, 5.41) is 5.28. The lowest BCUT2D eigenvalue weighted by molar-refractivity contribution is -0.274. The second-order valence-electron chi connectivity index (χ2n) is 5.86. The van der Waals surface area contributed by atoms with Crippen molar-refractivity contribution in [2.24, 2.45) is 5.73 Å². The maximum absolute atomic E-state index is 12.7. The van der Waals surface area contributed by atoms with Gasteiger partial charge >= 0.3 is 12.4 Å². The zero-order valence-corrected chi connectivity index (χ0v) is 14.4. The van der Waals surface area contributed by atoms with E-state index in [9.17, 15) is 22.8 Å². The predicted molar refractivity (Wildman–Crippen MR) is 93.7 cm³/mol. The van der Waals surface area contributed by atoms with E-state index in [4.69, 9.17) is 5.73 Å². The molecule has 1 aliphatic heterocycles. The van der Waals surface area contributed by atoms with Crippen LogP contribution in [0.4, 0.5) is 29.5 Å². The van der Waals surface area contributed by atoms with E-state index in [0.29, 0.717) is 11.3 Å². The second-order valence-corrected chi connectivity index (χ2v) is 5.86. The molecule has 2 aromatic rings. The maximum Gasteiger partial charge on any atom is 0.573 e. The first-order valence-corrected chi connectivity index (χ1v) is 8.15. The first kappa shape index (κ1) is 19.4. The third-order valence-electron chi connectivity index (χ3n) is 3.91. The average Bonchev–Trinajstić information content (AvgIpc) is 2.64. The van der Waals surface area contributed by atoms with Crippen molar-refractivity contribution >= 4 is 23.4 Å². The molecule has 0 saturated carbocycles. The van der Waals surface area contributed by atoms with Gasteiger partial charge in [0.25, 0.3) is 0 Å². The largest absolute Gasteiger partial charge is 0.573 e. The number of ether oxygens (including phenoxy) is 1. The monoisotopic (exact) mass is 395 g/mol. The van der Waals surface area contributed by atoms with Gasteiger partial charge in [-0.3, -0.25) is 9.69 Å². The normalized spacial score (nSPS) is 14.7. The molecule has 0 fully saturated rings. The Balaban J connectivity index is 1.74. The molecule has 0 radical (unpaired) electrons.